The van der Waals surface area contributed by atoms with Gasteiger partial charge in [0.15, 0.2) is 5.78 Å². The monoisotopic (exact) mass is 360 g/mol. The first-order chi connectivity index (χ1) is 12.1. The molecule has 2 aliphatic carbocycles. The SMILES string of the molecule is CC=CCC1=C(C)C(OC(=O)C2C(C=C(C)C(=O)OC)C2(C)C)CC1=O. The van der Waals surface area contributed by atoms with Gasteiger partial charge in [0.05, 0.1) is 19.4 Å². The fraction of sp³-hybridized carbons (Fsp3) is 0.571. The molecule has 0 aromatic carbocycles. The average Bonchev–Trinajstić information content (AvgIpc) is 3.01. The van der Waals surface area contributed by atoms with E-state index in [0.717, 1.165) is 11.1 Å². The van der Waals surface area contributed by atoms with Crippen LogP contribution >= 0.6 is 0 Å². The topological polar surface area (TPSA) is 69.7 Å². The molecule has 1 saturated carbocycles. The van der Waals surface area contributed by atoms with E-state index < -0.39 is 12.1 Å². The Hall–Kier alpha value is -2.17. The highest BCUT2D eigenvalue weighted by Gasteiger charge is 2.62. The first kappa shape index (κ1) is 20.1. The van der Waals surface area contributed by atoms with Crippen LogP contribution in [0.3, 0.4) is 0 Å². The van der Waals surface area contributed by atoms with Gasteiger partial charge in [-0.1, -0.05) is 32.1 Å². The van der Waals surface area contributed by atoms with E-state index in [0.29, 0.717) is 12.0 Å². The zero-order valence-electron chi connectivity index (χ0n) is 16.4. The lowest BCUT2D eigenvalue weighted by atomic mass is 10.1. The van der Waals surface area contributed by atoms with Crippen molar-refractivity contribution in [3.8, 4) is 0 Å². The van der Waals surface area contributed by atoms with Gasteiger partial charge >= 0.3 is 11.9 Å². The smallest absolute Gasteiger partial charge is 0.333 e. The zero-order chi connectivity index (χ0) is 19.6. The largest absolute Gasteiger partial charge is 0.466 e. The number of hydrogen-bond acceptors (Lipinski definition) is 5. The van der Waals surface area contributed by atoms with Crippen LogP contribution in [-0.2, 0) is 23.9 Å². The Bertz CT molecular complexity index is 708. The number of Topliss-reactive ketones (excluding diaryl/α,β-unsaturated/α-hetero) is 1. The number of esters is 2. The highest BCUT2D eigenvalue weighted by Crippen LogP contribution is 2.60. The number of allylic oxidation sites excluding steroid dienone is 4. The van der Waals surface area contributed by atoms with Crippen molar-refractivity contribution in [2.24, 2.45) is 17.3 Å². The number of ether oxygens (including phenoxy) is 2. The molecule has 0 aliphatic heterocycles. The van der Waals surface area contributed by atoms with Crippen LogP contribution in [0.5, 0.6) is 0 Å². The third-order valence-electron chi connectivity index (χ3n) is 5.58. The fourth-order valence-corrected chi connectivity index (χ4v) is 3.65. The third-order valence-corrected chi connectivity index (χ3v) is 5.58. The zero-order valence-corrected chi connectivity index (χ0v) is 16.4. The summed E-state index contributed by atoms with van der Waals surface area (Å²) in [7, 11) is 1.33. The molecule has 0 spiro atoms. The molecule has 5 heteroatoms. The summed E-state index contributed by atoms with van der Waals surface area (Å²) in [5, 5.41) is 0. The van der Waals surface area contributed by atoms with E-state index in [2.05, 4.69) is 0 Å². The molecule has 0 amide bonds. The van der Waals surface area contributed by atoms with Gasteiger partial charge in [0.25, 0.3) is 0 Å². The summed E-state index contributed by atoms with van der Waals surface area (Å²) in [6, 6.07) is 0. The Morgan fingerprint density at radius 2 is 1.96 bits per heavy atom. The van der Waals surface area contributed by atoms with E-state index in [1.165, 1.54) is 7.11 Å². The summed E-state index contributed by atoms with van der Waals surface area (Å²) in [5.74, 6) is -1.04. The first-order valence-electron chi connectivity index (χ1n) is 8.96. The minimum absolute atomic E-state index is 0.0476. The van der Waals surface area contributed by atoms with E-state index in [9.17, 15) is 14.4 Å². The summed E-state index contributed by atoms with van der Waals surface area (Å²) in [4.78, 5) is 36.4. The second kappa shape index (κ2) is 7.60. The Kier molecular flexibility index (Phi) is 5.89. The van der Waals surface area contributed by atoms with Crippen molar-refractivity contribution in [3.05, 3.63) is 34.9 Å². The molecule has 2 rings (SSSR count). The Balaban J connectivity index is 2.08. The van der Waals surface area contributed by atoms with Crippen molar-refractivity contribution in [2.45, 2.75) is 53.6 Å². The van der Waals surface area contributed by atoms with Gasteiger partial charge < -0.3 is 9.47 Å². The number of methoxy groups -OCH3 is 1. The van der Waals surface area contributed by atoms with Crippen LogP contribution in [0, 0.1) is 17.3 Å². The molecule has 1 fully saturated rings. The number of carbonyl (C=O) groups is 3. The normalized spacial score (nSPS) is 27.8. The number of hydrogen-bond donors (Lipinski definition) is 0. The molecule has 26 heavy (non-hydrogen) atoms. The Morgan fingerprint density at radius 1 is 1.31 bits per heavy atom. The van der Waals surface area contributed by atoms with Crippen molar-refractivity contribution in [2.75, 3.05) is 7.11 Å². The van der Waals surface area contributed by atoms with E-state index in [1.807, 2.05) is 39.8 Å². The van der Waals surface area contributed by atoms with E-state index >= 15 is 0 Å². The molecule has 3 atom stereocenters. The molecule has 0 bridgehead atoms. The lowest BCUT2D eigenvalue weighted by molar-refractivity contribution is -0.150. The van der Waals surface area contributed by atoms with Crippen LogP contribution in [0.15, 0.2) is 34.9 Å². The number of rotatable bonds is 6. The molecule has 142 valence electrons. The van der Waals surface area contributed by atoms with Crippen molar-refractivity contribution in [1.82, 2.24) is 0 Å². The second-order valence-electron chi connectivity index (χ2n) is 7.65. The maximum absolute atomic E-state index is 12.7. The lowest BCUT2D eigenvalue weighted by Crippen LogP contribution is -2.20. The maximum atomic E-state index is 12.7. The van der Waals surface area contributed by atoms with E-state index in [4.69, 9.17) is 9.47 Å². The number of carbonyl (C=O) groups excluding carboxylic acids is 3. The molecule has 0 saturated heterocycles. The molecule has 0 N–H and O–H groups in total. The minimum Gasteiger partial charge on any atom is -0.466 e. The average molecular weight is 360 g/mol. The van der Waals surface area contributed by atoms with Crippen molar-refractivity contribution >= 4 is 17.7 Å². The van der Waals surface area contributed by atoms with Gasteiger partial charge in [-0.05, 0) is 44.1 Å². The molecule has 5 nitrogen and oxygen atoms in total. The van der Waals surface area contributed by atoms with Gasteiger partial charge in [-0.3, -0.25) is 9.59 Å². The number of ketones is 1. The molecular weight excluding hydrogens is 332 g/mol. The third kappa shape index (κ3) is 3.81. The summed E-state index contributed by atoms with van der Waals surface area (Å²) in [5.41, 5.74) is 1.80. The predicted molar refractivity (Wildman–Crippen MR) is 98.2 cm³/mol. The summed E-state index contributed by atoms with van der Waals surface area (Å²) in [6.45, 7) is 9.40. The van der Waals surface area contributed by atoms with Crippen molar-refractivity contribution in [1.29, 1.82) is 0 Å². The first-order valence-corrected chi connectivity index (χ1v) is 8.96. The van der Waals surface area contributed by atoms with Crippen LogP contribution in [0.2, 0.25) is 0 Å². The molecular formula is C21H28O5. The van der Waals surface area contributed by atoms with Gasteiger partial charge in [-0.25, -0.2) is 4.79 Å². The van der Waals surface area contributed by atoms with Crippen LogP contribution < -0.4 is 0 Å². The molecule has 2 aliphatic rings. The van der Waals surface area contributed by atoms with Gasteiger partial charge in [0.2, 0.25) is 0 Å². The maximum Gasteiger partial charge on any atom is 0.333 e. The van der Waals surface area contributed by atoms with Crippen LogP contribution in [-0.4, -0.2) is 30.9 Å². The second-order valence-corrected chi connectivity index (χ2v) is 7.65. The fourth-order valence-electron chi connectivity index (χ4n) is 3.65. The predicted octanol–water partition coefficient (Wildman–Crippen LogP) is 3.55. The highest BCUT2D eigenvalue weighted by molar-refractivity contribution is 6.00. The summed E-state index contributed by atoms with van der Waals surface area (Å²) >= 11 is 0. The molecule has 3 unspecified atom stereocenters. The summed E-state index contributed by atoms with van der Waals surface area (Å²) < 4.78 is 10.4. The highest BCUT2D eigenvalue weighted by atomic mass is 16.5. The standard InChI is InChI=1S/C21H28O5/c1-7-8-9-14-13(3)17(11-16(14)22)26-20(24)18-15(21(18,4)5)10-12(2)19(23)25-6/h7-8,10,15,17-18H,9,11H2,1-6H3. The van der Waals surface area contributed by atoms with Crippen LogP contribution in [0.4, 0.5) is 0 Å². The quantitative estimate of drug-likeness (QED) is 0.412. The summed E-state index contributed by atoms with van der Waals surface area (Å²) in [6.07, 6.45) is 5.95. The molecule has 0 heterocycles. The van der Waals surface area contributed by atoms with Gasteiger partial charge in [0.1, 0.15) is 6.10 Å². The Labute approximate surface area is 155 Å². The molecule has 0 radical (unpaired) electrons. The van der Waals surface area contributed by atoms with E-state index in [1.54, 1.807) is 13.0 Å². The van der Waals surface area contributed by atoms with Crippen LogP contribution in [0.1, 0.15) is 47.5 Å². The van der Waals surface area contributed by atoms with E-state index in [-0.39, 0.29) is 35.4 Å². The van der Waals surface area contributed by atoms with Gasteiger partial charge in [-0.15, -0.1) is 0 Å². The minimum atomic E-state index is -0.474. The molecule has 0 aromatic rings. The van der Waals surface area contributed by atoms with Gasteiger partial charge in [0, 0.05) is 11.1 Å². The van der Waals surface area contributed by atoms with Gasteiger partial charge in [-0.2, -0.15) is 0 Å². The molecule has 0 aromatic heterocycles. The van der Waals surface area contributed by atoms with Crippen LogP contribution in [0.25, 0.3) is 0 Å². The van der Waals surface area contributed by atoms with Crippen molar-refractivity contribution in [3.63, 3.8) is 0 Å². The Morgan fingerprint density at radius 3 is 2.54 bits per heavy atom. The lowest BCUT2D eigenvalue weighted by Gasteiger charge is -2.13. The van der Waals surface area contributed by atoms with Crippen molar-refractivity contribution < 1.29 is 23.9 Å².